The Morgan fingerprint density at radius 1 is 1.47 bits per heavy atom. The summed E-state index contributed by atoms with van der Waals surface area (Å²) in [5.41, 5.74) is 8.18. The molecular weight excluding hydrogens is 216 g/mol. The number of aryl methyl sites for hydroxylation is 3. The molecule has 1 unspecified atom stereocenters. The van der Waals surface area contributed by atoms with Gasteiger partial charge in [0.2, 0.25) is 0 Å². The fourth-order valence-corrected chi connectivity index (χ4v) is 1.61. The Kier molecular flexibility index (Phi) is 3.14. The van der Waals surface area contributed by atoms with E-state index in [-0.39, 0.29) is 6.04 Å². The van der Waals surface area contributed by atoms with Crippen LogP contribution in [0.5, 0.6) is 0 Å². The highest BCUT2D eigenvalue weighted by atomic mass is 15.3. The molecule has 2 aromatic rings. The predicted molar refractivity (Wildman–Crippen MR) is 66.6 cm³/mol. The average molecular weight is 234 g/mol. The first-order valence-electron chi connectivity index (χ1n) is 5.55. The van der Waals surface area contributed by atoms with Gasteiger partial charge in [0.1, 0.15) is 5.82 Å². The van der Waals surface area contributed by atoms with Gasteiger partial charge in [0.15, 0.2) is 0 Å². The zero-order valence-corrected chi connectivity index (χ0v) is 10.4. The zero-order chi connectivity index (χ0) is 12.4. The number of rotatable bonds is 4. The van der Waals surface area contributed by atoms with E-state index in [0.29, 0.717) is 6.54 Å². The lowest BCUT2D eigenvalue weighted by Crippen LogP contribution is -2.20. The largest absolute Gasteiger partial charge is 0.367 e. The molecule has 0 aromatic carbocycles. The highest BCUT2D eigenvalue weighted by Gasteiger charge is 2.08. The Morgan fingerprint density at radius 3 is 2.76 bits per heavy atom. The molecular formula is C11H18N6. The molecule has 0 aliphatic carbocycles. The van der Waals surface area contributed by atoms with Crippen molar-refractivity contribution in [2.45, 2.75) is 13.0 Å². The molecule has 0 radical (unpaired) electrons. The molecule has 0 fully saturated rings. The first-order chi connectivity index (χ1) is 8.06. The van der Waals surface area contributed by atoms with Crippen molar-refractivity contribution in [1.82, 2.24) is 19.6 Å². The minimum absolute atomic E-state index is 0.0778. The molecule has 0 saturated carbocycles. The first-order valence-corrected chi connectivity index (χ1v) is 5.55. The maximum atomic E-state index is 6.05. The molecule has 0 saturated heterocycles. The monoisotopic (exact) mass is 234 g/mol. The van der Waals surface area contributed by atoms with Gasteiger partial charge in [-0.15, -0.1) is 0 Å². The van der Waals surface area contributed by atoms with E-state index in [1.54, 1.807) is 10.9 Å². The molecule has 2 rings (SSSR count). The van der Waals surface area contributed by atoms with E-state index in [4.69, 9.17) is 5.73 Å². The maximum absolute atomic E-state index is 6.05. The van der Waals surface area contributed by atoms with Gasteiger partial charge >= 0.3 is 0 Å². The van der Waals surface area contributed by atoms with Crippen LogP contribution < -0.4 is 11.1 Å². The van der Waals surface area contributed by atoms with E-state index in [1.165, 1.54) is 0 Å². The van der Waals surface area contributed by atoms with E-state index in [9.17, 15) is 0 Å². The van der Waals surface area contributed by atoms with Gasteiger partial charge in [-0.25, -0.2) is 0 Å². The lowest BCUT2D eigenvalue weighted by Gasteiger charge is -2.09. The zero-order valence-electron chi connectivity index (χ0n) is 10.4. The number of aromatic nitrogens is 4. The lowest BCUT2D eigenvalue weighted by molar-refractivity contribution is 0.727. The second-order valence-electron chi connectivity index (χ2n) is 4.23. The fraction of sp³-hybridized carbons (Fsp3) is 0.455. The molecule has 3 N–H and O–H groups in total. The van der Waals surface area contributed by atoms with Crippen molar-refractivity contribution in [3.05, 3.63) is 29.7 Å². The van der Waals surface area contributed by atoms with Crippen molar-refractivity contribution in [2.75, 3.05) is 11.9 Å². The van der Waals surface area contributed by atoms with E-state index in [0.717, 1.165) is 17.1 Å². The van der Waals surface area contributed by atoms with E-state index < -0.39 is 0 Å². The number of nitrogens with one attached hydrogen (secondary N) is 1. The van der Waals surface area contributed by atoms with Gasteiger partial charge in [-0.2, -0.15) is 10.2 Å². The summed E-state index contributed by atoms with van der Waals surface area (Å²) in [6.45, 7) is 2.65. The van der Waals surface area contributed by atoms with Crippen LogP contribution in [0.15, 0.2) is 18.5 Å². The Bertz CT molecular complexity index is 478. The summed E-state index contributed by atoms with van der Waals surface area (Å²) in [5, 5.41) is 11.6. The summed E-state index contributed by atoms with van der Waals surface area (Å²) in [5.74, 6) is 0.851. The third-order valence-corrected chi connectivity index (χ3v) is 2.77. The van der Waals surface area contributed by atoms with Crippen LogP contribution in [0.4, 0.5) is 5.82 Å². The SMILES string of the molecule is Cc1cc(NCC(N)c2cnn(C)c2)nn1C. The molecule has 6 nitrogen and oxygen atoms in total. The summed E-state index contributed by atoms with van der Waals surface area (Å²) in [7, 11) is 3.80. The quantitative estimate of drug-likeness (QED) is 0.811. The van der Waals surface area contributed by atoms with Crippen LogP contribution in [-0.4, -0.2) is 26.1 Å². The minimum atomic E-state index is -0.0778. The summed E-state index contributed by atoms with van der Waals surface area (Å²) in [4.78, 5) is 0. The number of nitrogens with zero attached hydrogens (tertiary/aromatic N) is 4. The standard InChI is InChI=1S/C11H18N6/c1-8-4-11(15-17(8)3)13-6-10(12)9-5-14-16(2)7-9/h4-5,7,10H,6,12H2,1-3H3,(H,13,15). The Morgan fingerprint density at radius 2 is 2.24 bits per heavy atom. The molecule has 0 bridgehead atoms. The molecule has 0 aliphatic heterocycles. The smallest absolute Gasteiger partial charge is 0.148 e. The molecule has 0 aliphatic rings. The van der Waals surface area contributed by atoms with Crippen molar-refractivity contribution in [1.29, 1.82) is 0 Å². The third kappa shape index (κ3) is 2.65. The van der Waals surface area contributed by atoms with Gasteiger partial charge in [0, 0.05) is 44.2 Å². The van der Waals surface area contributed by atoms with Crippen molar-refractivity contribution >= 4 is 5.82 Å². The van der Waals surface area contributed by atoms with E-state index >= 15 is 0 Å². The predicted octanol–water partition coefficient (Wildman–Crippen LogP) is 0.574. The molecule has 92 valence electrons. The van der Waals surface area contributed by atoms with Crippen LogP contribution in [0.2, 0.25) is 0 Å². The van der Waals surface area contributed by atoms with Gasteiger partial charge in [0.25, 0.3) is 0 Å². The summed E-state index contributed by atoms with van der Waals surface area (Å²) in [6, 6.07) is 1.92. The molecule has 6 heteroatoms. The molecule has 0 spiro atoms. The highest BCUT2D eigenvalue weighted by molar-refractivity contribution is 5.36. The van der Waals surface area contributed by atoms with Crippen molar-refractivity contribution < 1.29 is 0 Å². The summed E-state index contributed by atoms with van der Waals surface area (Å²) >= 11 is 0. The second-order valence-corrected chi connectivity index (χ2v) is 4.23. The fourth-order valence-electron chi connectivity index (χ4n) is 1.61. The Balaban J connectivity index is 1.94. The van der Waals surface area contributed by atoms with Gasteiger partial charge in [-0.05, 0) is 6.92 Å². The van der Waals surface area contributed by atoms with Gasteiger partial charge in [0.05, 0.1) is 12.2 Å². The van der Waals surface area contributed by atoms with E-state index in [1.807, 2.05) is 38.0 Å². The van der Waals surface area contributed by atoms with Crippen LogP contribution in [0.1, 0.15) is 17.3 Å². The second kappa shape index (κ2) is 4.58. The van der Waals surface area contributed by atoms with Crippen LogP contribution in [0.25, 0.3) is 0 Å². The topological polar surface area (TPSA) is 73.7 Å². The number of hydrogen-bond donors (Lipinski definition) is 2. The summed E-state index contributed by atoms with van der Waals surface area (Å²) in [6.07, 6.45) is 3.71. The van der Waals surface area contributed by atoms with Gasteiger partial charge in [-0.1, -0.05) is 0 Å². The van der Waals surface area contributed by atoms with Crippen molar-refractivity contribution in [3.8, 4) is 0 Å². The molecule has 0 amide bonds. The van der Waals surface area contributed by atoms with Crippen molar-refractivity contribution in [3.63, 3.8) is 0 Å². The molecule has 17 heavy (non-hydrogen) atoms. The van der Waals surface area contributed by atoms with Crippen LogP contribution in [-0.2, 0) is 14.1 Å². The maximum Gasteiger partial charge on any atom is 0.148 e. The normalized spacial score (nSPS) is 12.7. The number of hydrogen-bond acceptors (Lipinski definition) is 4. The van der Waals surface area contributed by atoms with E-state index in [2.05, 4.69) is 15.5 Å². The Labute approximate surface area is 100 Å². The van der Waals surface area contributed by atoms with Gasteiger partial charge < -0.3 is 11.1 Å². The average Bonchev–Trinajstić information content (AvgIpc) is 2.83. The molecule has 1 atom stereocenters. The first kappa shape index (κ1) is 11.7. The third-order valence-electron chi connectivity index (χ3n) is 2.77. The number of anilines is 1. The lowest BCUT2D eigenvalue weighted by atomic mass is 10.2. The Hall–Kier alpha value is -1.82. The molecule has 2 aromatic heterocycles. The number of nitrogens with two attached hydrogens (primary N) is 1. The summed E-state index contributed by atoms with van der Waals surface area (Å²) < 4.78 is 3.58. The minimum Gasteiger partial charge on any atom is -0.367 e. The van der Waals surface area contributed by atoms with Crippen LogP contribution in [0.3, 0.4) is 0 Å². The van der Waals surface area contributed by atoms with Gasteiger partial charge in [-0.3, -0.25) is 9.36 Å². The van der Waals surface area contributed by atoms with Crippen LogP contribution in [0, 0.1) is 6.92 Å². The van der Waals surface area contributed by atoms with Crippen molar-refractivity contribution in [2.24, 2.45) is 19.8 Å². The highest BCUT2D eigenvalue weighted by Crippen LogP contribution is 2.11. The van der Waals surface area contributed by atoms with Crippen LogP contribution >= 0.6 is 0 Å². The molecule has 2 heterocycles.